The molecule has 1 rings (SSSR count). The Kier molecular flexibility index (Phi) is 23.5. The molecule has 1 aliphatic rings. The first-order valence-electron chi connectivity index (χ1n) is 17.9. The SMILES string of the molecule is CCCCCCCCCC(CCCCCCC1CC1CCCCCCCCC(C)C(=O)O)OC(=O)CCCN(C)C. The summed E-state index contributed by atoms with van der Waals surface area (Å²) in [5, 5.41) is 8.95. The molecule has 4 unspecified atom stereocenters. The molecular weight excluding hydrogens is 510 g/mol. The number of nitrogens with zero attached hydrogens (tertiary/aromatic N) is 1. The van der Waals surface area contributed by atoms with Crippen LogP contribution in [0.1, 0.15) is 174 Å². The molecule has 0 radical (unpaired) electrons. The fourth-order valence-electron chi connectivity index (χ4n) is 6.21. The van der Waals surface area contributed by atoms with E-state index in [-0.39, 0.29) is 18.0 Å². The quantitative estimate of drug-likeness (QED) is 0.0677. The van der Waals surface area contributed by atoms with E-state index in [9.17, 15) is 9.59 Å². The molecule has 0 heterocycles. The molecule has 1 aliphatic carbocycles. The third-order valence-corrected chi connectivity index (χ3v) is 9.22. The van der Waals surface area contributed by atoms with Gasteiger partial charge in [-0.1, -0.05) is 123 Å². The topological polar surface area (TPSA) is 66.8 Å². The number of rotatable bonds is 30. The Morgan fingerprint density at radius 1 is 0.707 bits per heavy atom. The number of carbonyl (C=O) groups is 2. The van der Waals surface area contributed by atoms with Crippen LogP contribution in [0, 0.1) is 17.8 Å². The zero-order valence-corrected chi connectivity index (χ0v) is 27.8. The Bertz CT molecular complexity index is 637. The molecule has 1 N–H and O–H groups in total. The van der Waals surface area contributed by atoms with Gasteiger partial charge in [0.2, 0.25) is 0 Å². The summed E-state index contributed by atoms with van der Waals surface area (Å²) in [6, 6.07) is 0. The van der Waals surface area contributed by atoms with Crippen LogP contribution >= 0.6 is 0 Å². The van der Waals surface area contributed by atoms with Crippen LogP contribution in [-0.2, 0) is 14.3 Å². The lowest BCUT2D eigenvalue weighted by Crippen LogP contribution is -2.20. The minimum absolute atomic E-state index is 0.00458. The number of esters is 1. The van der Waals surface area contributed by atoms with Crippen molar-refractivity contribution >= 4 is 11.9 Å². The van der Waals surface area contributed by atoms with Gasteiger partial charge in [0.15, 0.2) is 0 Å². The van der Waals surface area contributed by atoms with Crippen LogP contribution in [0.5, 0.6) is 0 Å². The molecule has 5 nitrogen and oxygen atoms in total. The lowest BCUT2D eigenvalue weighted by Gasteiger charge is -2.18. The predicted octanol–water partition coefficient (Wildman–Crippen LogP) is 10.2. The lowest BCUT2D eigenvalue weighted by atomic mass is 10.0. The first-order valence-corrected chi connectivity index (χ1v) is 17.9. The molecule has 0 aromatic heterocycles. The van der Waals surface area contributed by atoms with Gasteiger partial charge >= 0.3 is 11.9 Å². The van der Waals surface area contributed by atoms with E-state index in [4.69, 9.17) is 9.84 Å². The molecule has 0 aliphatic heterocycles. The van der Waals surface area contributed by atoms with Crippen LogP contribution in [0.2, 0.25) is 0 Å². The minimum Gasteiger partial charge on any atom is -0.481 e. The lowest BCUT2D eigenvalue weighted by molar-refractivity contribution is -0.150. The molecule has 0 bridgehead atoms. The number of unbranched alkanes of at least 4 members (excludes halogenated alkanes) is 14. The van der Waals surface area contributed by atoms with Crippen molar-refractivity contribution in [3.05, 3.63) is 0 Å². The summed E-state index contributed by atoms with van der Waals surface area (Å²) in [6.07, 6.45) is 30.6. The fraction of sp³-hybridized carbons (Fsp3) is 0.944. The Labute approximate surface area is 254 Å². The highest BCUT2D eigenvalue weighted by atomic mass is 16.5. The van der Waals surface area contributed by atoms with Gasteiger partial charge in [0, 0.05) is 6.42 Å². The van der Waals surface area contributed by atoms with Crippen LogP contribution in [0.3, 0.4) is 0 Å². The standard InChI is InChI=1S/C36H69NO4/c1-5-6-7-8-9-14-20-26-34(41-35(38)28-22-29-37(3)4)27-21-16-15-19-25-33-30-32(33)24-18-13-11-10-12-17-23-31(2)36(39)40/h31-34H,5-30H2,1-4H3,(H,39,40). The molecule has 0 saturated heterocycles. The van der Waals surface area contributed by atoms with Gasteiger partial charge in [0.25, 0.3) is 0 Å². The average molecular weight is 580 g/mol. The van der Waals surface area contributed by atoms with Gasteiger partial charge in [-0.25, -0.2) is 0 Å². The summed E-state index contributed by atoms with van der Waals surface area (Å²) in [5.41, 5.74) is 0. The zero-order valence-electron chi connectivity index (χ0n) is 27.8. The molecule has 1 saturated carbocycles. The highest BCUT2D eigenvalue weighted by Crippen LogP contribution is 2.45. The first kappa shape index (κ1) is 37.9. The fourth-order valence-corrected chi connectivity index (χ4v) is 6.21. The third kappa shape index (κ3) is 23.1. The van der Waals surface area contributed by atoms with E-state index in [1.165, 1.54) is 122 Å². The van der Waals surface area contributed by atoms with Crippen molar-refractivity contribution in [1.82, 2.24) is 4.90 Å². The number of carbonyl (C=O) groups excluding carboxylic acids is 1. The largest absolute Gasteiger partial charge is 0.481 e. The van der Waals surface area contributed by atoms with Gasteiger partial charge in [-0.15, -0.1) is 0 Å². The molecule has 0 amide bonds. The smallest absolute Gasteiger partial charge is 0.306 e. The average Bonchev–Trinajstić information content (AvgIpc) is 3.68. The summed E-state index contributed by atoms with van der Waals surface area (Å²) < 4.78 is 5.96. The number of carboxylic acids is 1. The van der Waals surface area contributed by atoms with Crippen LogP contribution in [-0.4, -0.2) is 48.7 Å². The molecule has 0 aromatic rings. The second kappa shape index (κ2) is 25.4. The van der Waals surface area contributed by atoms with E-state index in [0.29, 0.717) is 6.42 Å². The Morgan fingerprint density at radius 3 is 1.66 bits per heavy atom. The predicted molar refractivity (Wildman–Crippen MR) is 173 cm³/mol. The third-order valence-electron chi connectivity index (χ3n) is 9.22. The number of hydrogen-bond acceptors (Lipinski definition) is 4. The Morgan fingerprint density at radius 2 is 1.17 bits per heavy atom. The zero-order chi connectivity index (χ0) is 30.1. The van der Waals surface area contributed by atoms with Gasteiger partial charge in [-0.05, 0) is 77.4 Å². The molecule has 41 heavy (non-hydrogen) atoms. The van der Waals surface area contributed by atoms with Crippen LogP contribution in [0.15, 0.2) is 0 Å². The number of ether oxygens (including phenoxy) is 1. The van der Waals surface area contributed by atoms with Crippen molar-refractivity contribution in [2.45, 2.75) is 180 Å². The maximum Gasteiger partial charge on any atom is 0.306 e. The monoisotopic (exact) mass is 580 g/mol. The molecular formula is C36H69NO4. The second-order valence-electron chi connectivity index (χ2n) is 13.6. The van der Waals surface area contributed by atoms with Crippen LogP contribution < -0.4 is 0 Å². The first-order chi connectivity index (χ1) is 19.8. The maximum absolute atomic E-state index is 12.4. The Balaban J connectivity index is 2.07. The van der Waals surface area contributed by atoms with Crippen molar-refractivity contribution in [1.29, 1.82) is 0 Å². The van der Waals surface area contributed by atoms with Crippen LogP contribution in [0.4, 0.5) is 0 Å². The van der Waals surface area contributed by atoms with E-state index in [2.05, 4.69) is 25.9 Å². The summed E-state index contributed by atoms with van der Waals surface area (Å²) in [7, 11) is 4.11. The van der Waals surface area contributed by atoms with Gasteiger partial charge < -0.3 is 14.7 Å². The molecule has 0 aromatic carbocycles. The van der Waals surface area contributed by atoms with E-state index >= 15 is 0 Å². The Hall–Kier alpha value is -1.10. The van der Waals surface area contributed by atoms with Crippen molar-refractivity contribution in [3.8, 4) is 0 Å². The number of aliphatic carboxylic acids is 1. The van der Waals surface area contributed by atoms with Gasteiger partial charge in [-0.2, -0.15) is 0 Å². The highest BCUT2D eigenvalue weighted by Gasteiger charge is 2.35. The minimum atomic E-state index is -0.656. The van der Waals surface area contributed by atoms with E-state index in [1.807, 2.05) is 6.92 Å². The van der Waals surface area contributed by atoms with E-state index < -0.39 is 5.97 Å². The van der Waals surface area contributed by atoms with Gasteiger partial charge in [0.1, 0.15) is 6.10 Å². The molecule has 1 fully saturated rings. The highest BCUT2D eigenvalue weighted by molar-refractivity contribution is 5.69. The van der Waals surface area contributed by atoms with Crippen molar-refractivity contribution in [2.75, 3.05) is 20.6 Å². The number of carboxylic acid groups (broad SMARTS) is 1. The second-order valence-corrected chi connectivity index (χ2v) is 13.6. The van der Waals surface area contributed by atoms with Crippen LogP contribution in [0.25, 0.3) is 0 Å². The van der Waals surface area contributed by atoms with Crippen molar-refractivity contribution in [2.24, 2.45) is 17.8 Å². The normalized spacial score (nSPS) is 18.0. The number of hydrogen-bond donors (Lipinski definition) is 1. The molecule has 4 atom stereocenters. The van der Waals surface area contributed by atoms with Crippen molar-refractivity contribution < 1.29 is 19.4 Å². The summed E-state index contributed by atoms with van der Waals surface area (Å²) in [4.78, 5) is 25.4. The van der Waals surface area contributed by atoms with Gasteiger partial charge in [0.05, 0.1) is 5.92 Å². The van der Waals surface area contributed by atoms with E-state index in [0.717, 1.165) is 50.5 Å². The summed E-state index contributed by atoms with van der Waals surface area (Å²) in [6.45, 7) is 5.02. The summed E-state index contributed by atoms with van der Waals surface area (Å²) >= 11 is 0. The van der Waals surface area contributed by atoms with Gasteiger partial charge in [-0.3, -0.25) is 9.59 Å². The van der Waals surface area contributed by atoms with Crippen molar-refractivity contribution in [3.63, 3.8) is 0 Å². The maximum atomic E-state index is 12.4. The summed E-state index contributed by atoms with van der Waals surface area (Å²) in [5.74, 6) is 1.14. The van der Waals surface area contributed by atoms with E-state index in [1.54, 1.807) is 0 Å². The molecule has 242 valence electrons. The molecule has 5 heteroatoms. The molecule has 0 spiro atoms.